The molecule has 0 fully saturated rings. The maximum absolute atomic E-state index is 11.5. The quantitative estimate of drug-likeness (QED) is 0.552. The fourth-order valence-electron chi connectivity index (χ4n) is 1.10. The fourth-order valence-corrected chi connectivity index (χ4v) is 2.36. The molecule has 1 atom stereocenters. The normalized spacial score (nSPS) is 14.1. The average molecular weight is 238 g/mol. The number of hydrogen-bond donors (Lipinski definition) is 2. The fraction of sp³-hybridized carbons (Fsp3) is 1.00. The second kappa shape index (κ2) is 8.04. The number of hydrogen-bond acceptors (Lipinski definition) is 4. The van der Waals surface area contributed by atoms with Crippen LogP contribution in [0.1, 0.15) is 20.3 Å². The number of rotatable bonds is 9. The summed E-state index contributed by atoms with van der Waals surface area (Å²) in [7, 11) is -1.55. The zero-order valence-electron chi connectivity index (χ0n) is 9.75. The van der Waals surface area contributed by atoms with Gasteiger partial charge in [0.05, 0.1) is 5.75 Å². The van der Waals surface area contributed by atoms with E-state index in [4.69, 9.17) is 4.74 Å². The van der Waals surface area contributed by atoms with Crippen LogP contribution < -0.4 is 10.0 Å². The van der Waals surface area contributed by atoms with Gasteiger partial charge in [0.25, 0.3) is 0 Å². The molecular formula is C9H22N2O3S. The van der Waals surface area contributed by atoms with E-state index >= 15 is 0 Å². The van der Waals surface area contributed by atoms with Crippen molar-refractivity contribution in [2.24, 2.45) is 0 Å². The first-order chi connectivity index (χ1) is 7.02. The van der Waals surface area contributed by atoms with E-state index in [1.54, 1.807) is 7.11 Å². The van der Waals surface area contributed by atoms with Crippen molar-refractivity contribution in [1.29, 1.82) is 0 Å². The lowest BCUT2D eigenvalue weighted by atomic mass is 10.3. The lowest BCUT2D eigenvalue weighted by Crippen LogP contribution is -2.37. The molecule has 0 heterocycles. The molecule has 0 radical (unpaired) electrons. The molecule has 0 bridgehead atoms. The topological polar surface area (TPSA) is 67.4 Å². The van der Waals surface area contributed by atoms with Crippen molar-refractivity contribution in [2.45, 2.75) is 26.3 Å². The standard InChI is InChI=1S/C9H22N2O3S/c1-4-10-6-8-15(12,13)11-9(2)5-7-14-3/h9-11H,4-8H2,1-3H3. The van der Waals surface area contributed by atoms with Gasteiger partial charge in [-0.3, -0.25) is 0 Å². The third-order valence-electron chi connectivity index (χ3n) is 1.93. The van der Waals surface area contributed by atoms with E-state index in [0.29, 0.717) is 19.6 Å². The van der Waals surface area contributed by atoms with Gasteiger partial charge in [-0.2, -0.15) is 0 Å². The lowest BCUT2D eigenvalue weighted by Gasteiger charge is -2.13. The van der Waals surface area contributed by atoms with E-state index < -0.39 is 10.0 Å². The molecule has 0 aliphatic carbocycles. The Morgan fingerprint density at radius 3 is 2.60 bits per heavy atom. The van der Waals surface area contributed by atoms with Gasteiger partial charge in [-0.15, -0.1) is 0 Å². The smallest absolute Gasteiger partial charge is 0.213 e. The van der Waals surface area contributed by atoms with Crippen molar-refractivity contribution in [3.05, 3.63) is 0 Å². The summed E-state index contributed by atoms with van der Waals surface area (Å²) in [6, 6.07) is -0.0726. The Morgan fingerprint density at radius 2 is 2.07 bits per heavy atom. The van der Waals surface area contributed by atoms with Crippen molar-refractivity contribution < 1.29 is 13.2 Å². The zero-order chi connectivity index (χ0) is 11.7. The first kappa shape index (κ1) is 14.8. The van der Waals surface area contributed by atoms with Crippen molar-refractivity contribution in [3.8, 4) is 0 Å². The largest absolute Gasteiger partial charge is 0.385 e. The van der Waals surface area contributed by atoms with Crippen LogP contribution >= 0.6 is 0 Å². The Labute approximate surface area is 92.6 Å². The monoisotopic (exact) mass is 238 g/mol. The molecule has 15 heavy (non-hydrogen) atoms. The van der Waals surface area contributed by atoms with Crippen molar-refractivity contribution in [1.82, 2.24) is 10.0 Å². The highest BCUT2D eigenvalue weighted by Gasteiger charge is 2.13. The molecule has 1 unspecified atom stereocenters. The predicted octanol–water partition coefficient (Wildman–Crippen LogP) is -0.0597. The third kappa shape index (κ3) is 8.80. The first-order valence-electron chi connectivity index (χ1n) is 5.21. The molecule has 6 heteroatoms. The van der Waals surface area contributed by atoms with Crippen LogP contribution in [0, 0.1) is 0 Å². The maximum atomic E-state index is 11.5. The Hall–Kier alpha value is -0.170. The molecular weight excluding hydrogens is 216 g/mol. The van der Waals surface area contributed by atoms with Crippen LogP contribution in [0.15, 0.2) is 0 Å². The maximum Gasteiger partial charge on any atom is 0.213 e. The van der Waals surface area contributed by atoms with Gasteiger partial charge >= 0.3 is 0 Å². The van der Waals surface area contributed by atoms with Gasteiger partial charge in [-0.05, 0) is 19.9 Å². The van der Waals surface area contributed by atoms with Crippen LogP contribution in [0.25, 0.3) is 0 Å². The minimum atomic E-state index is -3.15. The van der Waals surface area contributed by atoms with E-state index in [1.165, 1.54) is 0 Å². The van der Waals surface area contributed by atoms with E-state index in [1.807, 2.05) is 13.8 Å². The molecule has 0 saturated carbocycles. The van der Waals surface area contributed by atoms with Gasteiger partial charge in [0, 0.05) is 26.3 Å². The molecule has 5 nitrogen and oxygen atoms in total. The summed E-state index contributed by atoms with van der Waals surface area (Å²) in [4.78, 5) is 0. The van der Waals surface area contributed by atoms with Crippen molar-refractivity contribution in [2.75, 3.05) is 32.6 Å². The summed E-state index contributed by atoms with van der Waals surface area (Å²) in [5, 5.41) is 2.98. The molecule has 0 aromatic carbocycles. The van der Waals surface area contributed by atoms with E-state index in [0.717, 1.165) is 6.54 Å². The molecule has 0 aliphatic heterocycles. The second-order valence-electron chi connectivity index (χ2n) is 3.47. The summed E-state index contributed by atoms with van der Waals surface area (Å²) in [5.41, 5.74) is 0. The molecule has 92 valence electrons. The molecule has 0 amide bonds. The van der Waals surface area contributed by atoms with E-state index in [9.17, 15) is 8.42 Å². The van der Waals surface area contributed by atoms with Gasteiger partial charge in [0.1, 0.15) is 0 Å². The second-order valence-corrected chi connectivity index (χ2v) is 5.35. The minimum absolute atomic E-state index is 0.0726. The first-order valence-corrected chi connectivity index (χ1v) is 6.86. The molecule has 0 aromatic rings. The average Bonchev–Trinajstić information content (AvgIpc) is 2.14. The summed E-state index contributed by atoms with van der Waals surface area (Å²) in [6.45, 7) is 5.62. The van der Waals surface area contributed by atoms with Gasteiger partial charge in [0.15, 0.2) is 0 Å². The van der Waals surface area contributed by atoms with Crippen LogP contribution in [0.2, 0.25) is 0 Å². The molecule has 0 aromatic heterocycles. The van der Waals surface area contributed by atoms with Crippen LogP contribution in [-0.2, 0) is 14.8 Å². The zero-order valence-corrected chi connectivity index (χ0v) is 10.6. The van der Waals surface area contributed by atoms with E-state index in [2.05, 4.69) is 10.0 Å². The predicted molar refractivity (Wildman–Crippen MR) is 61.4 cm³/mol. The highest BCUT2D eigenvalue weighted by atomic mass is 32.2. The Kier molecular flexibility index (Phi) is 7.95. The summed E-state index contributed by atoms with van der Waals surface area (Å²) < 4.78 is 30.5. The molecule has 0 saturated heterocycles. The minimum Gasteiger partial charge on any atom is -0.385 e. The summed E-state index contributed by atoms with van der Waals surface area (Å²) in [5.74, 6) is 0.123. The summed E-state index contributed by atoms with van der Waals surface area (Å²) in [6.07, 6.45) is 0.691. The Balaban J connectivity index is 3.81. The highest BCUT2D eigenvalue weighted by molar-refractivity contribution is 7.89. The van der Waals surface area contributed by atoms with Crippen molar-refractivity contribution >= 4 is 10.0 Å². The van der Waals surface area contributed by atoms with Gasteiger partial charge in [-0.25, -0.2) is 13.1 Å². The van der Waals surface area contributed by atoms with Gasteiger partial charge < -0.3 is 10.1 Å². The SMILES string of the molecule is CCNCCS(=O)(=O)NC(C)CCOC. The number of sulfonamides is 1. The third-order valence-corrected chi connectivity index (χ3v) is 3.44. The Morgan fingerprint density at radius 1 is 1.40 bits per heavy atom. The van der Waals surface area contributed by atoms with E-state index in [-0.39, 0.29) is 11.8 Å². The van der Waals surface area contributed by atoms with Crippen LogP contribution in [0.5, 0.6) is 0 Å². The van der Waals surface area contributed by atoms with Gasteiger partial charge in [-0.1, -0.05) is 6.92 Å². The van der Waals surface area contributed by atoms with Crippen LogP contribution in [0.3, 0.4) is 0 Å². The summed E-state index contributed by atoms with van der Waals surface area (Å²) >= 11 is 0. The highest BCUT2D eigenvalue weighted by Crippen LogP contribution is 1.94. The number of methoxy groups -OCH3 is 1. The van der Waals surface area contributed by atoms with Crippen molar-refractivity contribution in [3.63, 3.8) is 0 Å². The number of nitrogens with one attached hydrogen (secondary N) is 2. The number of ether oxygens (including phenoxy) is 1. The van der Waals surface area contributed by atoms with Crippen LogP contribution in [-0.4, -0.2) is 47.0 Å². The lowest BCUT2D eigenvalue weighted by molar-refractivity contribution is 0.188. The molecule has 0 rings (SSSR count). The Bertz CT molecular complexity index is 242. The molecule has 0 spiro atoms. The molecule has 2 N–H and O–H groups in total. The van der Waals surface area contributed by atoms with Gasteiger partial charge in [0.2, 0.25) is 10.0 Å². The molecule has 0 aliphatic rings. The van der Waals surface area contributed by atoms with Crippen LogP contribution in [0.4, 0.5) is 0 Å².